The molecule has 1 fully saturated rings. The van der Waals surface area contributed by atoms with Crippen LogP contribution in [0, 0.1) is 11.7 Å². The van der Waals surface area contributed by atoms with Crippen LogP contribution >= 0.6 is 11.6 Å². The molecule has 2 N–H and O–H groups in total. The molecule has 1 saturated carbocycles. The molecule has 0 aliphatic heterocycles. The van der Waals surface area contributed by atoms with E-state index in [2.05, 4.69) is 4.72 Å². The first-order valence-corrected chi connectivity index (χ1v) is 7.39. The summed E-state index contributed by atoms with van der Waals surface area (Å²) in [7, 11) is -3.92. The number of benzene rings is 1. The second-order valence-electron chi connectivity index (χ2n) is 4.37. The largest absolute Gasteiger partial charge is 0.478 e. The molecule has 1 aromatic carbocycles. The van der Waals surface area contributed by atoms with E-state index in [9.17, 15) is 17.6 Å². The summed E-state index contributed by atoms with van der Waals surface area (Å²) in [5.41, 5.74) is -0.575. The van der Waals surface area contributed by atoms with Crippen LogP contribution in [0.15, 0.2) is 17.0 Å². The predicted molar refractivity (Wildman–Crippen MR) is 66.3 cm³/mol. The van der Waals surface area contributed by atoms with Crippen molar-refractivity contribution in [3.63, 3.8) is 0 Å². The third-order valence-corrected chi connectivity index (χ3v) is 4.59. The molecule has 1 aliphatic carbocycles. The number of carboxylic acids is 1. The zero-order valence-corrected chi connectivity index (χ0v) is 11.3. The molecular weight excluding hydrogens is 297 g/mol. The third-order valence-electron chi connectivity index (χ3n) is 2.80. The van der Waals surface area contributed by atoms with Crippen LogP contribution in [0.4, 0.5) is 4.39 Å². The average Bonchev–Trinajstić information content (AvgIpc) is 3.13. The second kappa shape index (κ2) is 5.07. The van der Waals surface area contributed by atoms with Crippen molar-refractivity contribution in [2.45, 2.75) is 17.7 Å². The molecule has 19 heavy (non-hydrogen) atoms. The van der Waals surface area contributed by atoms with E-state index in [-0.39, 0.29) is 6.54 Å². The molecule has 0 heterocycles. The molecule has 5 nitrogen and oxygen atoms in total. The van der Waals surface area contributed by atoms with E-state index in [1.807, 2.05) is 0 Å². The zero-order valence-electron chi connectivity index (χ0n) is 9.69. The summed E-state index contributed by atoms with van der Waals surface area (Å²) in [6.07, 6.45) is 1.91. The Bertz CT molecular complexity index is 628. The summed E-state index contributed by atoms with van der Waals surface area (Å²) >= 11 is 5.48. The van der Waals surface area contributed by atoms with E-state index in [0.717, 1.165) is 18.9 Å². The van der Waals surface area contributed by atoms with Crippen molar-refractivity contribution in [3.05, 3.63) is 28.5 Å². The standard InChI is InChI=1S/C11H11ClFNO4S/c12-10-8(11(15)16)3-7(4-9(10)13)19(17,18)14-5-6-1-2-6/h3-4,6,14H,1-2,5H2,(H,15,16). The van der Waals surface area contributed by atoms with Gasteiger partial charge < -0.3 is 5.11 Å². The van der Waals surface area contributed by atoms with Crippen LogP contribution in [0.25, 0.3) is 0 Å². The van der Waals surface area contributed by atoms with E-state index >= 15 is 0 Å². The van der Waals surface area contributed by atoms with E-state index in [4.69, 9.17) is 16.7 Å². The van der Waals surface area contributed by atoms with Crippen LogP contribution in [-0.2, 0) is 10.0 Å². The van der Waals surface area contributed by atoms with Crippen molar-refractivity contribution < 1.29 is 22.7 Å². The predicted octanol–water partition coefficient (Wildman–Crippen LogP) is 1.87. The van der Waals surface area contributed by atoms with Gasteiger partial charge in [-0.25, -0.2) is 22.3 Å². The molecule has 8 heteroatoms. The molecule has 0 amide bonds. The van der Waals surface area contributed by atoms with E-state index in [0.29, 0.717) is 12.0 Å². The monoisotopic (exact) mass is 307 g/mol. The normalized spacial score (nSPS) is 15.5. The van der Waals surface area contributed by atoms with Gasteiger partial charge in [0.25, 0.3) is 0 Å². The lowest BCUT2D eigenvalue weighted by Gasteiger charge is -2.08. The van der Waals surface area contributed by atoms with E-state index in [1.54, 1.807) is 0 Å². The topological polar surface area (TPSA) is 83.5 Å². The van der Waals surface area contributed by atoms with Gasteiger partial charge in [0.05, 0.1) is 15.5 Å². The Hall–Kier alpha value is -1.18. The highest BCUT2D eigenvalue weighted by molar-refractivity contribution is 7.89. The van der Waals surface area contributed by atoms with Crippen LogP contribution in [0.3, 0.4) is 0 Å². The Kier molecular flexibility index (Phi) is 3.80. The lowest BCUT2D eigenvalue weighted by molar-refractivity contribution is 0.0696. The van der Waals surface area contributed by atoms with Gasteiger partial charge >= 0.3 is 5.97 Å². The van der Waals surface area contributed by atoms with Gasteiger partial charge in [0.1, 0.15) is 5.82 Å². The van der Waals surface area contributed by atoms with Crippen LogP contribution in [-0.4, -0.2) is 26.0 Å². The number of sulfonamides is 1. The first-order valence-electron chi connectivity index (χ1n) is 5.53. The molecule has 0 radical (unpaired) electrons. The Morgan fingerprint density at radius 2 is 2.11 bits per heavy atom. The van der Waals surface area contributed by atoms with Crippen molar-refractivity contribution in [2.75, 3.05) is 6.54 Å². The fourth-order valence-corrected chi connectivity index (χ4v) is 2.85. The van der Waals surface area contributed by atoms with E-state index < -0.39 is 37.3 Å². The third kappa shape index (κ3) is 3.23. The average molecular weight is 308 g/mol. The quantitative estimate of drug-likeness (QED) is 0.870. The maximum absolute atomic E-state index is 13.5. The lowest BCUT2D eigenvalue weighted by atomic mass is 10.2. The molecule has 1 aromatic rings. The highest BCUT2D eigenvalue weighted by Gasteiger charge is 2.26. The first kappa shape index (κ1) is 14.2. The van der Waals surface area contributed by atoms with Gasteiger partial charge in [0.15, 0.2) is 0 Å². The highest BCUT2D eigenvalue weighted by Crippen LogP contribution is 2.29. The second-order valence-corrected chi connectivity index (χ2v) is 6.51. The number of carboxylic acid groups (broad SMARTS) is 1. The van der Waals surface area contributed by atoms with Gasteiger partial charge in [-0.05, 0) is 30.9 Å². The summed E-state index contributed by atoms with van der Waals surface area (Å²) in [4.78, 5) is 10.4. The molecule has 104 valence electrons. The number of halogens is 2. The number of hydrogen-bond donors (Lipinski definition) is 2. The molecule has 2 rings (SSSR count). The van der Waals surface area contributed by atoms with E-state index in [1.165, 1.54) is 0 Å². The number of rotatable bonds is 5. The molecule has 0 saturated heterocycles. The summed E-state index contributed by atoms with van der Waals surface area (Å²) in [6.45, 7) is 0.273. The van der Waals surface area contributed by atoms with Crippen LogP contribution in [0.2, 0.25) is 5.02 Å². The summed E-state index contributed by atoms with van der Waals surface area (Å²) in [5.74, 6) is -2.25. The molecular formula is C11H11ClFNO4S. The van der Waals surface area contributed by atoms with Crippen molar-refractivity contribution in [1.29, 1.82) is 0 Å². The fourth-order valence-electron chi connectivity index (χ4n) is 1.51. The van der Waals surface area contributed by atoms with Crippen LogP contribution in [0.1, 0.15) is 23.2 Å². The molecule has 0 bridgehead atoms. The van der Waals surface area contributed by atoms with Gasteiger partial charge in [-0.3, -0.25) is 0 Å². The zero-order chi connectivity index (χ0) is 14.2. The molecule has 0 spiro atoms. The Labute approximate surface area is 114 Å². The van der Waals surface area contributed by atoms with Crippen molar-refractivity contribution in [1.82, 2.24) is 4.72 Å². The summed E-state index contributed by atoms with van der Waals surface area (Å²) < 4.78 is 39.6. The van der Waals surface area contributed by atoms with Gasteiger partial charge in [-0.15, -0.1) is 0 Å². The van der Waals surface area contributed by atoms with Crippen molar-refractivity contribution in [3.8, 4) is 0 Å². The molecule has 0 aromatic heterocycles. The minimum atomic E-state index is -3.92. The number of hydrogen-bond acceptors (Lipinski definition) is 3. The fraction of sp³-hybridized carbons (Fsp3) is 0.364. The maximum atomic E-state index is 13.5. The van der Waals surface area contributed by atoms with Crippen LogP contribution in [0.5, 0.6) is 0 Å². The molecule has 0 atom stereocenters. The Balaban J connectivity index is 2.35. The van der Waals surface area contributed by atoms with Crippen LogP contribution < -0.4 is 4.72 Å². The maximum Gasteiger partial charge on any atom is 0.337 e. The van der Waals surface area contributed by atoms with Crippen molar-refractivity contribution >= 4 is 27.6 Å². The summed E-state index contributed by atoms with van der Waals surface area (Å²) in [6, 6.07) is 1.56. The Morgan fingerprint density at radius 1 is 1.47 bits per heavy atom. The lowest BCUT2D eigenvalue weighted by Crippen LogP contribution is -2.26. The Morgan fingerprint density at radius 3 is 2.63 bits per heavy atom. The van der Waals surface area contributed by atoms with Gasteiger partial charge in [-0.2, -0.15) is 0 Å². The smallest absolute Gasteiger partial charge is 0.337 e. The highest BCUT2D eigenvalue weighted by atomic mass is 35.5. The molecule has 0 unspecified atom stereocenters. The van der Waals surface area contributed by atoms with Gasteiger partial charge in [0.2, 0.25) is 10.0 Å². The number of nitrogens with one attached hydrogen (secondary N) is 1. The van der Waals surface area contributed by atoms with Gasteiger partial charge in [-0.1, -0.05) is 11.6 Å². The number of aromatic carboxylic acids is 1. The van der Waals surface area contributed by atoms with Gasteiger partial charge in [0, 0.05) is 6.54 Å². The summed E-state index contributed by atoms with van der Waals surface area (Å²) in [5, 5.41) is 8.24. The first-order chi connectivity index (χ1) is 8.81. The number of carbonyl (C=O) groups is 1. The molecule has 1 aliphatic rings. The minimum absolute atomic E-state index is 0.273. The van der Waals surface area contributed by atoms with Crippen molar-refractivity contribution in [2.24, 2.45) is 5.92 Å². The SMILES string of the molecule is O=C(O)c1cc(S(=O)(=O)NCC2CC2)cc(F)c1Cl. The minimum Gasteiger partial charge on any atom is -0.478 e.